The summed E-state index contributed by atoms with van der Waals surface area (Å²) in [4.78, 5) is 27.3. The summed E-state index contributed by atoms with van der Waals surface area (Å²) in [5.74, 6) is -1.72. The van der Waals surface area contributed by atoms with E-state index in [2.05, 4.69) is 0 Å². The van der Waals surface area contributed by atoms with E-state index in [9.17, 15) is 27.9 Å². The van der Waals surface area contributed by atoms with Crippen LogP contribution in [0.3, 0.4) is 0 Å². The van der Waals surface area contributed by atoms with Crippen LogP contribution in [0.1, 0.15) is 28.3 Å². The second-order valence-electron chi connectivity index (χ2n) is 7.86. The number of aryl methyl sites for hydroxylation is 1. The van der Waals surface area contributed by atoms with Gasteiger partial charge in [0.15, 0.2) is 0 Å². The van der Waals surface area contributed by atoms with E-state index in [0.717, 1.165) is 34.7 Å². The summed E-state index contributed by atoms with van der Waals surface area (Å²) < 4.78 is 44.3. The van der Waals surface area contributed by atoms with Crippen molar-refractivity contribution >= 4 is 23.1 Å². The number of Topliss-reactive ketones (excluding diaryl/α,β-unsaturated/α-hetero) is 1. The standard InChI is InChI=1S/C26H20F3NO4/c1-15-4-3-5-17(14-15)22-21(23(31)16-6-12-20(34-2)13-7-16)24(32)25(33)30(22)19-10-8-18(9-11-19)26(27,28)29/h3-14,22,31H,1-2H3/b23-21+. The number of hydrogen-bond acceptors (Lipinski definition) is 4. The molecule has 1 saturated heterocycles. The van der Waals surface area contributed by atoms with Gasteiger partial charge in [0.1, 0.15) is 11.5 Å². The van der Waals surface area contributed by atoms with Gasteiger partial charge in [0.2, 0.25) is 0 Å². The Bertz CT molecular complexity index is 1280. The van der Waals surface area contributed by atoms with Crippen molar-refractivity contribution in [3.63, 3.8) is 0 Å². The lowest BCUT2D eigenvalue weighted by Gasteiger charge is -2.26. The predicted molar refractivity (Wildman–Crippen MR) is 120 cm³/mol. The van der Waals surface area contributed by atoms with Gasteiger partial charge in [-0.25, -0.2) is 0 Å². The van der Waals surface area contributed by atoms with Crippen LogP contribution in [0.4, 0.5) is 18.9 Å². The third-order valence-electron chi connectivity index (χ3n) is 5.64. The van der Waals surface area contributed by atoms with Gasteiger partial charge in [0.25, 0.3) is 11.7 Å². The molecule has 0 aliphatic carbocycles. The number of alkyl halides is 3. The van der Waals surface area contributed by atoms with Gasteiger partial charge in [-0.15, -0.1) is 0 Å². The molecule has 0 radical (unpaired) electrons. The summed E-state index contributed by atoms with van der Waals surface area (Å²) in [6.45, 7) is 1.83. The smallest absolute Gasteiger partial charge is 0.416 e. The second-order valence-corrected chi connectivity index (χ2v) is 7.86. The number of aliphatic hydroxyl groups is 1. The van der Waals surface area contributed by atoms with E-state index < -0.39 is 29.5 Å². The first-order valence-electron chi connectivity index (χ1n) is 10.3. The van der Waals surface area contributed by atoms with Crippen LogP contribution < -0.4 is 9.64 Å². The lowest BCUT2D eigenvalue weighted by molar-refractivity contribution is -0.137. The molecule has 0 aromatic heterocycles. The number of aliphatic hydroxyl groups excluding tert-OH is 1. The van der Waals surface area contributed by atoms with Crippen LogP contribution >= 0.6 is 0 Å². The number of ketones is 1. The van der Waals surface area contributed by atoms with E-state index in [0.29, 0.717) is 16.9 Å². The molecule has 0 spiro atoms. The molecular weight excluding hydrogens is 447 g/mol. The summed E-state index contributed by atoms with van der Waals surface area (Å²) >= 11 is 0. The third kappa shape index (κ3) is 4.14. The highest BCUT2D eigenvalue weighted by molar-refractivity contribution is 6.51. The Hall–Kier alpha value is -4.07. The molecule has 8 heteroatoms. The number of benzene rings is 3. The average Bonchev–Trinajstić information content (AvgIpc) is 3.08. The second kappa shape index (κ2) is 8.70. The maximum atomic E-state index is 13.1. The molecule has 5 nitrogen and oxygen atoms in total. The van der Waals surface area contributed by atoms with Crippen LogP contribution in [0.25, 0.3) is 5.76 Å². The number of ether oxygens (including phenoxy) is 1. The van der Waals surface area contributed by atoms with E-state index in [-0.39, 0.29) is 17.0 Å². The SMILES string of the molecule is COc1ccc(/C(O)=C2\C(=O)C(=O)N(c3ccc(C(F)(F)F)cc3)C2c2cccc(C)c2)cc1. The first-order chi connectivity index (χ1) is 16.1. The van der Waals surface area contributed by atoms with Crippen LogP contribution in [-0.2, 0) is 15.8 Å². The van der Waals surface area contributed by atoms with Gasteiger partial charge in [-0.3, -0.25) is 14.5 Å². The molecule has 1 amide bonds. The highest BCUT2D eigenvalue weighted by Crippen LogP contribution is 2.43. The number of carbonyl (C=O) groups excluding carboxylic acids is 2. The molecule has 174 valence electrons. The lowest BCUT2D eigenvalue weighted by atomic mass is 9.94. The van der Waals surface area contributed by atoms with Crippen LogP contribution in [0, 0.1) is 6.92 Å². The summed E-state index contributed by atoms with van der Waals surface area (Å²) in [5.41, 5.74) is 0.757. The van der Waals surface area contributed by atoms with Crippen molar-refractivity contribution in [2.45, 2.75) is 19.1 Å². The van der Waals surface area contributed by atoms with Crippen LogP contribution in [0.2, 0.25) is 0 Å². The Labute approximate surface area is 193 Å². The fraction of sp³-hybridized carbons (Fsp3) is 0.154. The van der Waals surface area contributed by atoms with Gasteiger partial charge in [-0.05, 0) is 61.0 Å². The summed E-state index contributed by atoms with van der Waals surface area (Å²) in [6, 6.07) is 16.3. The molecule has 0 bridgehead atoms. The number of carbonyl (C=O) groups is 2. The van der Waals surface area contributed by atoms with Gasteiger partial charge in [0, 0.05) is 11.3 Å². The molecule has 0 saturated carbocycles. The number of amides is 1. The van der Waals surface area contributed by atoms with Crippen LogP contribution in [-0.4, -0.2) is 23.9 Å². The summed E-state index contributed by atoms with van der Waals surface area (Å²) in [6.07, 6.45) is -4.54. The zero-order chi connectivity index (χ0) is 24.6. The first kappa shape index (κ1) is 23.1. The number of halogens is 3. The quantitative estimate of drug-likeness (QED) is 0.306. The van der Waals surface area contributed by atoms with Gasteiger partial charge in [0.05, 0.1) is 24.3 Å². The number of anilines is 1. The Morgan fingerprint density at radius 3 is 2.18 bits per heavy atom. The molecule has 1 N–H and O–H groups in total. The molecule has 1 unspecified atom stereocenters. The monoisotopic (exact) mass is 467 g/mol. The lowest BCUT2D eigenvalue weighted by Crippen LogP contribution is -2.29. The summed E-state index contributed by atoms with van der Waals surface area (Å²) in [7, 11) is 1.49. The minimum Gasteiger partial charge on any atom is -0.507 e. The highest BCUT2D eigenvalue weighted by Gasteiger charge is 2.47. The Kier molecular flexibility index (Phi) is 5.91. The number of methoxy groups -OCH3 is 1. The summed E-state index contributed by atoms with van der Waals surface area (Å²) in [5, 5.41) is 11.1. The van der Waals surface area contributed by atoms with Crippen molar-refractivity contribution in [3.05, 3.63) is 101 Å². The first-order valence-corrected chi connectivity index (χ1v) is 10.3. The van der Waals surface area contributed by atoms with E-state index in [1.807, 2.05) is 13.0 Å². The van der Waals surface area contributed by atoms with E-state index in [1.165, 1.54) is 7.11 Å². The van der Waals surface area contributed by atoms with Crippen LogP contribution in [0.5, 0.6) is 5.75 Å². The molecule has 4 rings (SSSR count). The maximum absolute atomic E-state index is 13.1. The van der Waals surface area contributed by atoms with Crippen molar-refractivity contribution in [3.8, 4) is 5.75 Å². The zero-order valence-electron chi connectivity index (χ0n) is 18.3. The maximum Gasteiger partial charge on any atom is 0.416 e. The predicted octanol–water partition coefficient (Wildman–Crippen LogP) is 5.65. The fourth-order valence-electron chi connectivity index (χ4n) is 3.97. The van der Waals surface area contributed by atoms with E-state index in [4.69, 9.17) is 4.74 Å². The molecule has 3 aromatic carbocycles. The molecule has 1 heterocycles. The molecule has 1 aliphatic heterocycles. The van der Waals surface area contributed by atoms with Crippen molar-refractivity contribution in [2.24, 2.45) is 0 Å². The van der Waals surface area contributed by atoms with Crippen LogP contribution in [0.15, 0.2) is 78.4 Å². The van der Waals surface area contributed by atoms with Crippen molar-refractivity contribution < 1.29 is 32.6 Å². The molecule has 34 heavy (non-hydrogen) atoms. The normalized spacial score (nSPS) is 17.8. The van der Waals surface area contributed by atoms with Gasteiger partial charge < -0.3 is 9.84 Å². The minimum atomic E-state index is -4.54. The minimum absolute atomic E-state index is 0.107. The van der Waals surface area contributed by atoms with Gasteiger partial charge in [-0.2, -0.15) is 13.2 Å². The molecule has 1 atom stereocenters. The van der Waals surface area contributed by atoms with Crippen molar-refractivity contribution in [1.29, 1.82) is 0 Å². The highest BCUT2D eigenvalue weighted by atomic mass is 19.4. The average molecular weight is 467 g/mol. The van der Waals surface area contributed by atoms with Gasteiger partial charge >= 0.3 is 6.18 Å². The Balaban J connectivity index is 1.89. The third-order valence-corrected chi connectivity index (χ3v) is 5.64. The zero-order valence-corrected chi connectivity index (χ0v) is 18.3. The Morgan fingerprint density at radius 2 is 1.62 bits per heavy atom. The number of nitrogens with zero attached hydrogens (tertiary/aromatic N) is 1. The fourth-order valence-corrected chi connectivity index (χ4v) is 3.97. The van der Waals surface area contributed by atoms with E-state index in [1.54, 1.807) is 42.5 Å². The Morgan fingerprint density at radius 1 is 0.971 bits per heavy atom. The topological polar surface area (TPSA) is 66.8 Å². The van der Waals surface area contributed by atoms with Crippen molar-refractivity contribution in [2.75, 3.05) is 12.0 Å². The van der Waals surface area contributed by atoms with Crippen molar-refractivity contribution in [1.82, 2.24) is 0 Å². The molecule has 1 fully saturated rings. The molecule has 3 aromatic rings. The molecular formula is C26H20F3NO4. The molecule has 1 aliphatic rings. The van der Waals surface area contributed by atoms with Gasteiger partial charge in [-0.1, -0.05) is 29.8 Å². The number of hydrogen-bond donors (Lipinski definition) is 1. The van der Waals surface area contributed by atoms with E-state index >= 15 is 0 Å². The number of rotatable bonds is 4. The largest absolute Gasteiger partial charge is 0.507 e.